The Labute approximate surface area is 200 Å². The van der Waals surface area contributed by atoms with Crippen molar-refractivity contribution in [2.75, 3.05) is 5.32 Å². The number of carbonyl (C=O) groups is 2. The maximum absolute atomic E-state index is 12.2. The minimum Gasteiger partial charge on any atom is -0.326 e. The first-order valence-corrected chi connectivity index (χ1v) is 11.5. The topological polar surface area (TPSA) is 87.8 Å². The van der Waals surface area contributed by atoms with Gasteiger partial charge < -0.3 is 15.2 Å². The highest BCUT2D eigenvalue weighted by Crippen LogP contribution is 2.24. The summed E-state index contributed by atoms with van der Waals surface area (Å²) >= 11 is 7.20. The number of anilines is 1. The van der Waals surface area contributed by atoms with Gasteiger partial charge in [-0.05, 0) is 56.3 Å². The second-order valence-corrected chi connectivity index (χ2v) is 9.13. The van der Waals surface area contributed by atoms with Crippen LogP contribution < -0.4 is 10.6 Å². The van der Waals surface area contributed by atoms with Crippen LogP contribution in [0.1, 0.15) is 23.4 Å². The van der Waals surface area contributed by atoms with Crippen LogP contribution in [0.4, 0.5) is 5.69 Å². The lowest BCUT2D eigenvalue weighted by molar-refractivity contribution is -0.122. The van der Waals surface area contributed by atoms with Crippen LogP contribution in [0.25, 0.3) is 5.69 Å². The molecular weight excluding hydrogens is 458 g/mol. The van der Waals surface area contributed by atoms with E-state index >= 15 is 0 Å². The van der Waals surface area contributed by atoms with Crippen molar-refractivity contribution in [1.29, 1.82) is 0 Å². The number of rotatable bonds is 6. The van der Waals surface area contributed by atoms with Crippen LogP contribution in [0, 0.1) is 13.8 Å². The van der Waals surface area contributed by atoms with E-state index in [-0.39, 0.29) is 18.2 Å². The molecule has 0 saturated carbocycles. The third-order valence-corrected chi connectivity index (χ3v) is 6.43. The summed E-state index contributed by atoms with van der Waals surface area (Å²) in [6.07, 6.45) is 1.71. The van der Waals surface area contributed by atoms with Crippen molar-refractivity contribution in [2.24, 2.45) is 10.2 Å². The summed E-state index contributed by atoms with van der Waals surface area (Å²) in [6.45, 7) is 4.02. The summed E-state index contributed by atoms with van der Waals surface area (Å²) in [5.41, 5.74) is 4.69. The molecule has 9 heteroatoms. The second kappa shape index (κ2) is 10.1. The van der Waals surface area contributed by atoms with E-state index in [0.717, 1.165) is 22.6 Å². The number of aryl methyl sites for hydroxylation is 1. The fraction of sp³-hybridized carbons (Fsp3) is 0.167. The van der Waals surface area contributed by atoms with Crippen molar-refractivity contribution < 1.29 is 9.59 Å². The van der Waals surface area contributed by atoms with Gasteiger partial charge in [-0.3, -0.25) is 9.59 Å². The Balaban J connectivity index is 1.40. The minimum atomic E-state index is -0.544. The lowest BCUT2D eigenvalue weighted by Crippen LogP contribution is -2.28. The largest absolute Gasteiger partial charge is 0.326 e. The van der Waals surface area contributed by atoms with E-state index in [2.05, 4.69) is 25.4 Å². The Hall–Kier alpha value is -3.36. The number of nitrogens with zero attached hydrogens (tertiary/aromatic N) is 3. The first-order valence-electron chi connectivity index (χ1n) is 10.3. The number of hydrogen-bond donors (Lipinski definition) is 2. The lowest BCUT2D eigenvalue weighted by Gasteiger charge is -2.09. The van der Waals surface area contributed by atoms with Gasteiger partial charge in [0.1, 0.15) is 5.25 Å². The molecule has 168 valence electrons. The van der Waals surface area contributed by atoms with E-state index in [9.17, 15) is 9.59 Å². The highest BCUT2D eigenvalue weighted by Gasteiger charge is 2.32. The molecule has 1 fully saturated rings. The molecular formula is C24H22ClN5O2S. The van der Waals surface area contributed by atoms with Crippen molar-refractivity contribution in [2.45, 2.75) is 25.5 Å². The molecule has 3 aromatic rings. The zero-order chi connectivity index (χ0) is 23.4. The number of halogens is 1. The van der Waals surface area contributed by atoms with Gasteiger partial charge in [0.15, 0.2) is 5.17 Å². The molecule has 0 aliphatic carbocycles. The number of amidine groups is 1. The molecule has 4 rings (SSSR count). The van der Waals surface area contributed by atoms with Crippen LogP contribution in [0.3, 0.4) is 0 Å². The van der Waals surface area contributed by atoms with E-state index in [0.29, 0.717) is 15.9 Å². The Morgan fingerprint density at radius 2 is 1.91 bits per heavy atom. The summed E-state index contributed by atoms with van der Waals surface area (Å²) in [7, 11) is 0. The molecule has 0 spiro atoms. The third kappa shape index (κ3) is 5.53. The van der Waals surface area contributed by atoms with Gasteiger partial charge in [0, 0.05) is 39.8 Å². The number of amides is 2. The predicted molar refractivity (Wildman–Crippen MR) is 134 cm³/mol. The Kier molecular flexibility index (Phi) is 6.96. The van der Waals surface area contributed by atoms with E-state index in [1.165, 1.54) is 11.8 Å². The predicted octanol–water partition coefficient (Wildman–Crippen LogP) is 4.70. The number of para-hydroxylation sites is 1. The van der Waals surface area contributed by atoms with E-state index in [4.69, 9.17) is 11.6 Å². The van der Waals surface area contributed by atoms with Crippen LogP contribution in [0.5, 0.6) is 0 Å². The summed E-state index contributed by atoms with van der Waals surface area (Å²) in [6, 6.07) is 18.8. The molecule has 0 bridgehead atoms. The fourth-order valence-corrected chi connectivity index (χ4v) is 4.59. The fourth-order valence-electron chi connectivity index (χ4n) is 3.54. The number of nitrogens with one attached hydrogen (secondary N) is 2. The average molecular weight is 480 g/mol. The highest BCUT2D eigenvalue weighted by molar-refractivity contribution is 8.15. The zero-order valence-electron chi connectivity index (χ0n) is 18.1. The first kappa shape index (κ1) is 22.8. The van der Waals surface area contributed by atoms with Crippen molar-refractivity contribution in [3.63, 3.8) is 0 Å². The van der Waals surface area contributed by atoms with E-state index in [1.54, 1.807) is 18.3 Å². The highest BCUT2D eigenvalue weighted by atomic mass is 35.5. The molecule has 2 aromatic carbocycles. The molecule has 7 nitrogen and oxygen atoms in total. The third-order valence-electron chi connectivity index (χ3n) is 5.11. The van der Waals surface area contributed by atoms with Gasteiger partial charge in [-0.25, -0.2) is 0 Å². The molecule has 1 atom stereocenters. The molecule has 33 heavy (non-hydrogen) atoms. The monoisotopic (exact) mass is 479 g/mol. The molecule has 0 radical (unpaired) electrons. The number of aromatic nitrogens is 1. The van der Waals surface area contributed by atoms with Gasteiger partial charge in [-0.15, -0.1) is 5.10 Å². The normalized spacial score (nSPS) is 17.0. The van der Waals surface area contributed by atoms with Crippen molar-refractivity contribution in [3.8, 4) is 5.69 Å². The van der Waals surface area contributed by atoms with Crippen molar-refractivity contribution in [1.82, 2.24) is 9.88 Å². The van der Waals surface area contributed by atoms with Crippen LogP contribution >= 0.6 is 23.4 Å². The maximum atomic E-state index is 12.2. The molecule has 2 N–H and O–H groups in total. The summed E-state index contributed by atoms with van der Waals surface area (Å²) in [5, 5.41) is 14.3. The average Bonchev–Trinajstić information content (AvgIpc) is 3.27. The Morgan fingerprint density at radius 3 is 2.64 bits per heavy atom. The van der Waals surface area contributed by atoms with Gasteiger partial charge in [-0.1, -0.05) is 41.6 Å². The first-order chi connectivity index (χ1) is 15.9. The van der Waals surface area contributed by atoms with E-state index < -0.39 is 5.25 Å². The number of benzene rings is 2. The second-order valence-electron chi connectivity index (χ2n) is 7.50. The Bertz CT molecular complexity index is 1240. The molecule has 1 aliphatic heterocycles. The summed E-state index contributed by atoms with van der Waals surface area (Å²) in [4.78, 5) is 24.5. The molecule has 1 aromatic heterocycles. The van der Waals surface area contributed by atoms with E-state index in [1.807, 2.05) is 62.4 Å². The van der Waals surface area contributed by atoms with Gasteiger partial charge in [-0.2, -0.15) is 5.10 Å². The van der Waals surface area contributed by atoms with Crippen LogP contribution in [0.15, 0.2) is 70.9 Å². The number of thioether (sulfide) groups is 1. The van der Waals surface area contributed by atoms with Gasteiger partial charge >= 0.3 is 0 Å². The minimum absolute atomic E-state index is 0.0520. The lowest BCUT2D eigenvalue weighted by atomic mass is 10.2. The summed E-state index contributed by atoms with van der Waals surface area (Å²) in [5.74, 6) is -0.480. The van der Waals surface area contributed by atoms with Gasteiger partial charge in [0.25, 0.3) is 0 Å². The quantitative estimate of drug-likeness (QED) is 0.397. The molecule has 0 unspecified atom stereocenters. The molecule has 1 aliphatic rings. The molecule has 1 saturated heterocycles. The zero-order valence-corrected chi connectivity index (χ0v) is 19.7. The molecule has 2 heterocycles. The Morgan fingerprint density at radius 1 is 1.18 bits per heavy atom. The van der Waals surface area contributed by atoms with Gasteiger partial charge in [0.2, 0.25) is 11.8 Å². The van der Waals surface area contributed by atoms with Crippen LogP contribution in [0.2, 0.25) is 5.02 Å². The van der Waals surface area contributed by atoms with Crippen LogP contribution in [-0.4, -0.2) is 33.0 Å². The molecule has 2 amide bonds. The van der Waals surface area contributed by atoms with Crippen molar-refractivity contribution >= 4 is 52.2 Å². The van der Waals surface area contributed by atoms with Crippen LogP contribution in [-0.2, 0) is 9.59 Å². The SMILES string of the molecule is Cc1cc(/C=N\N=C2\NC(=O)[C@H](CC(=O)Nc3ccccc3)S2)c(C)n1-c1ccc(Cl)cc1. The maximum Gasteiger partial charge on any atom is 0.240 e. The summed E-state index contributed by atoms with van der Waals surface area (Å²) < 4.78 is 2.11. The number of hydrogen-bond acceptors (Lipinski definition) is 5. The van der Waals surface area contributed by atoms with Gasteiger partial charge in [0.05, 0.1) is 6.21 Å². The smallest absolute Gasteiger partial charge is 0.240 e. The number of carbonyl (C=O) groups excluding carboxylic acids is 2. The van der Waals surface area contributed by atoms with Crippen molar-refractivity contribution in [3.05, 3.63) is 82.6 Å². The standard InChI is InChI=1S/C24H22ClN5O2S/c1-15-12-17(16(2)30(15)20-10-8-18(25)9-11-20)14-26-29-24-28-23(32)21(33-24)13-22(31)27-19-6-4-3-5-7-19/h3-12,14,21H,13H2,1-2H3,(H,27,31)(H,28,29,32)/b26-14-/t21-/m0/s1.